The van der Waals surface area contributed by atoms with E-state index in [0.29, 0.717) is 11.1 Å². The second-order valence-electron chi connectivity index (χ2n) is 8.05. The number of rotatable bonds is 5. The van der Waals surface area contributed by atoms with Crippen molar-refractivity contribution in [3.05, 3.63) is 71.8 Å². The molecule has 32 heavy (non-hydrogen) atoms. The van der Waals surface area contributed by atoms with E-state index in [1.807, 2.05) is 12.1 Å². The van der Waals surface area contributed by atoms with Crippen LogP contribution in [-0.4, -0.2) is 62.1 Å². The third kappa shape index (κ3) is 4.83. The van der Waals surface area contributed by atoms with Gasteiger partial charge in [-0.1, -0.05) is 36.4 Å². The molecule has 2 aliphatic heterocycles. The van der Waals surface area contributed by atoms with Crippen molar-refractivity contribution in [1.29, 1.82) is 0 Å². The molecule has 2 heterocycles. The van der Waals surface area contributed by atoms with Gasteiger partial charge in [0.15, 0.2) is 24.3 Å². The lowest BCUT2D eigenvalue weighted by atomic mass is 10.0. The molecule has 4 rings (SSSR count). The summed E-state index contributed by atoms with van der Waals surface area (Å²) in [6.07, 6.45) is -4.19. The van der Waals surface area contributed by atoms with Crippen LogP contribution in [-0.2, 0) is 28.4 Å². The van der Waals surface area contributed by atoms with Gasteiger partial charge < -0.3 is 28.4 Å². The molecule has 0 N–H and O–H groups in total. The van der Waals surface area contributed by atoms with Crippen molar-refractivity contribution in [2.45, 2.75) is 50.3 Å². The molecule has 2 fully saturated rings. The maximum atomic E-state index is 12.8. The molecule has 2 aromatic rings. The topological polar surface area (TPSA) is 89.5 Å². The quantitative estimate of drug-likeness (QED) is 0.653. The van der Waals surface area contributed by atoms with Crippen LogP contribution < -0.4 is 0 Å². The van der Waals surface area contributed by atoms with Gasteiger partial charge in [0.2, 0.25) is 0 Å². The second-order valence-corrected chi connectivity index (χ2v) is 8.05. The van der Waals surface area contributed by atoms with Gasteiger partial charge in [-0.3, -0.25) is 0 Å². The molecule has 2 aliphatic rings. The van der Waals surface area contributed by atoms with Crippen molar-refractivity contribution in [3.63, 3.8) is 0 Å². The highest BCUT2D eigenvalue weighted by molar-refractivity contribution is 5.90. The summed E-state index contributed by atoms with van der Waals surface area (Å²) in [5.41, 5.74) is 0.787. The van der Waals surface area contributed by atoms with E-state index in [1.54, 1.807) is 62.4 Å². The summed E-state index contributed by atoms with van der Waals surface area (Å²) in [6, 6.07) is 17.2. The number of hydrogen-bond acceptors (Lipinski definition) is 8. The van der Waals surface area contributed by atoms with E-state index in [9.17, 15) is 9.59 Å². The van der Waals surface area contributed by atoms with Crippen LogP contribution in [0.4, 0.5) is 0 Å². The fourth-order valence-corrected chi connectivity index (χ4v) is 3.86. The summed E-state index contributed by atoms with van der Waals surface area (Å²) >= 11 is 0. The van der Waals surface area contributed by atoms with Gasteiger partial charge in [-0.2, -0.15) is 0 Å². The molecule has 0 bridgehead atoms. The fraction of sp³-hybridized carbons (Fsp3) is 0.417. The number of benzene rings is 2. The third-order valence-corrected chi connectivity index (χ3v) is 5.30. The minimum Gasteiger partial charge on any atom is -0.453 e. The summed E-state index contributed by atoms with van der Waals surface area (Å²) in [6.45, 7) is 3.48. The van der Waals surface area contributed by atoms with Crippen LogP contribution in [0.1, 0.15) is 34.6 Å². The Morgan fingerprint density at radius 1 is 0.844 bits per heavy atom. The van der Waals surface area contributed by atoms with Gasteiger partial charge in [0.1, 0.15) is 12.2 Å². The molecule has 0 aromatic heterocycles. The number of methoxy groups -OCH3 is 1. The molecule has 5 atom stereocenters. The number of fused-ring (bicyclic) bond motifs is 1. The zero-order chi connectivity index (χ0) is 22.7. The summed E-state index contributed by atoms with van der Waals surface area (Å²) in [5, 5.41) is 0. The molecular weight excluding hydrogens is 416 g/mol. The van der Waals surface area contributed by atoms with E-state index >= 15 is 0 Å². The number of carbonyl (C=O) groups is 2. The van der Waals surface area contributed by atoms with Crippen molar-refractivity contribution >= 4 is 11.9 Å². The van der Waals surface area contributed by atoms with Crippen molar-refractivity contribution in [1.82, 2.24) is 0 Å². The smallest absolute Gasteiger partial charge is 0.338 e. The van der Waals surface area contributed by atoms with Gasteiger partial charge in [-0.05, 0) is 38.1 Å². The molecule has 8 nitrogen and oxygen atoms in total. The first kappa shape index (κ1) is 22.4. The average Bonchev–Trinajstić information content (AvgIpc) is 3.07. The maximum Gasteiger partial charge on any atom is 0.338 e. The second kappa shape index (κ2) is 9.38. The average molecular weight is 442 g/mol. The summed E-state index contributed by atoms with van der Waals surface area (Å²) in [4.78, 5) is 25.4. The standard InChI is InChI=1S/C24H26O8/c1-24(2)31-18-17(29-21(25)15-10-6-4-7-11-15)14-28-23(27-3)20(19(18)32-24)30-22(26)16-12-8-5-9-13-16/h4-13,17-20,23H,14H2,1-3H3/t17-,18-,19+,20-,23-/m1/s1. The van der Waals surface area contributed by atoms with Crippen molar-refractivity contribution in [2.75, 3.05) is 13.7 Å². The van der Waals surface area contributed by atoms with Crippen LogP contribution in [0.5, 0.6) is 0 Å². The van der Waals surface area contributed by atoms with Crippen molar-refractivity contribution < 1.29 is 38.0 Å². The third-order valence-electron chi connectivity index (χ3n) is 5.30. The normalized spacial score (nSPS) is 28.9. The minimum absolute atomic E-state index is 0.0168. The summed E-state index contributed by atoms with van der Waals surface area (Å²) in [5.74, 6) is -2.05. The zero-order valence-corrected chi connectivity index (χ0v) is 18.1. The van der Waals surface area contributed by atoms with Gasteiger partial charge in [0, 0.05) is 7.11 Å². The molecule has 0 amide bonds. The van der Waals surface area contributed by atoms with Gasteiger partial charge in [-0.15, -0.1) is 0 Å². The Labute approximate surface area is 186 Å². The van der Waals surface area contributed by atoms with Crippen LogP contribution in [0, 0.1) is 0 Å². The Hall–Kier alpha value is -2.78. The first-order valence-electron chi connectivity index (χ1n) is 10.4. The molecule has 0 radical (unpaired) electrons. The summed E-state index contributed by atoms with van der Waals surface area (Å²) < 4.78 is 34.9. The molecule has 2 saturated heterocycles. The van der Waals surface area contributed by atoms with Crippen LogP contribution in [0.15, 0.2) is 60.7 Å². The zero-order valence-electron chi connectivity index (χ0n) is 18.1. The maximum absolute atomic E-state index is 12.8. The van der Waals surface area contributed by atoms with Crippen LogP contribution >= 0.6 is 0 Å². The van der Waals surface area contributed by atoms with Gasteiger partial charge >= 0.3 is 11.9 Å². The number of carbonyl (C=O) groups excluding carboxylic acids is 2. The van der Waals surface area contributed by atoms with E-state index in [1.165, 1.54) is 7.11 Å². The molecule has 0 saturated carbocycles. The van der Waals surface area contributed by atoms with Crippen LogP contribution in [0.2, 0.25) is 0 Å². The van der Waals surface area contributed by atoms with Gasteiger partial charge in [0.05, 0.1) is 17.7 Å². The van der Waals surface area contributed by atoms with Crippen molar-refractivity contribution in [3.8, 4) is 0 Å². The Bertz CT molecular complexity index is 930. The lowest BCUT2D eigenvalue weighted by Crippen LogP contribution is -2.48. The van der Waals surface area contributed by atoms with E-state index in [-0.39, 0.29) is 6.61 Å². The largest absolute Gasteiger partial charge is 0.453 e. The van der Waals surface area contributed by atoms with E-state index in [4.69, 9.17) is 28.4 Å². The lowest BCUT2D eigenvalue weighted by molar-refractivity contribution is -0.223. The van der Waals surface area contributed by atoms with E-state index in [0.717, 1.165) is 0 Å². The highest BCUT2D eigenvalue weighted by atomic mass is 16.8. The predicted molar refractivity (Wildman–Crippen MR) is 112 cm³/mol. The minimum atomic E-state index is -0.986. The number of hydrogen-bond donors (Lipinski definition) is 0. The fourth-order valence-electron chi connectivity index (χ4n) is 3.86. The lowest BCUT2D eigenvalue weighted by Gasteiger charge is -2.29. The molecule has 170 valence electrons. The van der Waals surface area contributed by atoms with Crippen LogP contribution in [0.3, 0.4) is 0 Å². The molecule has 8 heteroatoms. The monoisotopic (exact) mass is 442 g/mol. The van der Waals surface area contributed by atoms with Crippen molar-refractivity contribution in [2.24, 2.45) is 0 Å². The Morgan fingerprint density at radius 3 is 1.94 bits per heavy atom. The highest BCUT2D eigenvalue weighted by Crippen LogP contribution is 2.37. The molecule has 0 aliphatic carbocycles. The molecular formula is C24H26O8. The predicted octanol–water partition coefficient (Wildman–Crippen LogP) is 2.96. The first-order chi connectivity index (χ1) is 15.4. The number of ether oxygens (including phenoxy) is 6. The van der Waals surface area contributed by atoms with Gasteiger partial charge in [-0.25, -0.2) is 9.59 Å². The SMILES string of the molecule is CO[C@@H]1OC[C@@H](OC(=O)c2ccccc2)[C@H]2OC(C)(C)O[C@@H]2[C@H]1OC(=O)c1ccccc1. The Kier molecular flexibility index (Phi) is 6.57. The molecule has 0 unspecified atom stereocenters. The first-order valence-corrected chi connectivity index (χ1v) is 10.4. The summed E-state index contributed by atoms with van der Waals surface area (Å²) in [7, 11) is 1.44. The van der Waals surface area contributed by atoms with E-state index in [2.05, 4.69) is 0 Å². The number of esters is 2. The molecule has 0 spiro atoms. The highest BCUT2D eigenvalue weighted by Gasteiger charge is 2.55. The van der Waals surface area contributed by atoms with Gasteiger partial charge in [0.25, 0.3) is 0 Å². The Balaban J connectivity index is 1.58. The Morgan fingerprint density at radius 2 is 1.38 bits per heavy atom. The molecule has 2 aromatic carbocycles. The van der Waals surface area contributed by atoms with Crippen LogP contribution in [0.25, 0.3) is 0 Å². The van der Waals surface area contributed by atoms with E-state index < -0.39 is 48.4 Å².